The first-order valence-corrected chi connectivity index (χ1v) is 10.5. The third kappa shape index (κ3) is 2.98. The number of hydrogen-bond donors (Lipinski definition) is 1. The summed E-state index contributed by atoms with van der Waals surface area (Å²) >= 11 is 0. The highest BCUT2D eigenvalue weighted by Crippen LogP contribution is 2.35. The van der Waals surface area contributed by atoms with E-state index in [9.17, 15) is 13.2 Å². The van der Waals surface area contributed by atoms with E-state index in [0.717, 1.165) is 36.1 Å². The molecule has 0 atom stereocenters. The van der Waals surface area contributed by atoms with Gasteiger partial charge in [-0.2, -0.15) is 0 Å². The molecule has 2 aromatic rings. The van der Waals surface area contributed by atoms with E-state index < -0.39 is 10.0 Å². The summed E-state index contributed by atoms with van der Waals surface area (Å²) in [6.45, 7) is 2.50. The number of sulfonamides is 1. The van der Waals surface area contributed by atoms with E-state index in [1.807, 2.05) is 24.0 Å². The maximum Gasteiger partial charge on any atom is 0.261 e. The number of aryl methyl sites for hydroxylation is 1. The lowest BCUT2D eigenvalue weighted by Gasteiger charge is -2.29. The molecule has 1 amide bonds. The molecule has 2 aliphatic rings. The Kier molecular flexibility index (Phi) is 4.23. The van der Waals surface area contributed by atoms with Gasteiger partial charge in [-0.05, 0) is 61.6 Å². The summed E-state index contributed by atoms with van der Waals surface area (Å²) < 4.78 is 28.1. The minimum absolute atomic E-state index is 0.145. The van der Waals surface area contributed by atoms with Gasteiger partial charge in [0, 0.05) is 18.2 Å². The predicted octanol–water partition coefficient (Wildman–Crippen LogP) is 3.49. The molecule has 1 heterocycles. The van der Waals surface area contributed by atoms with Gasteiger partial charge in [-0.25, -0.2) is 8.42 Å². The fourth-order valence-corrected chi connectivity index (χ4v) is 4.72. The monoisotopic (exact) mass is 370 g/mol. The molecule has 4 rings (SSSR count). The minimum atomic E-state index is -3.66. The average Bonchev–Trinajstić information content (AvgIpc) is 2.98. The summed E-state index contributed by atoms with van der Waals surface area (Å²) in [5.41, 5.74) is 3.23. The lowest BCUT2D eigenvalue weighted by molar-refractivity contribution is -0.124. The molecular formula is C20H22N2O3S. The number of nitrogens with one attached hydrogen (secondary N) is 1. The molecule has 136 valence electrons. The quantitative estimate of drug-likeness (QED) is 0.896. The minimum Gasteiger partial charge on any atom is -0.312 e. The molecule has 1 aliphatic heterocycles. The highest BCUT2D eigenvalue weighted by molar-refractivity contribution is 7.92. The van der Waals surface area contributed by atoms with E-state index in [-0.39, 0.29) is 16.7 Å². The van der Waals surface area contributed by atoms with E-state index >= 15 is 0 Å². The van der Waals surface area contributed by atoms with Crippen LogP contribution in [0.1, 0.15) is 30.4 Å². The molecular weight excluding hydrogens is 348 g/mol. The van der Waals surface area contributed by atoms with E-state index in [1.54, 1.807) is 30.3 Å². The van der Waals surface area contributed by atoms with Crippen molar-refractivity contribution in [1.29, 1.82) is 0 Å². The number of fused-ring (bicyclic) bond motifs is 1. The Bertz CT molecular complexity index is 965. The molecule has 1 aliphatic carbocycles. The number of carbonyl (C=O) groups is 1. The number of hydrogen-bond acceptors (Lipinski definition) is 3. The van der Waals surface area contributed by atoms with E-state index in [2.05, 4.69) is 4.72 Å². The first-order chi connectivity index (χ1) is 12.5. The number of para-hydroxylation sites is 1. The van der Waals surface area contributed by atoms with E-state index in [4.69, 9.17) is 0 Å². The molecule has 0 spiro atoms. The number of amides is 1. The van der Waals surface area contributed by atoms with Gasteiger partial charge >= 0.3 is 0 Å². The first kappa shape index (κ1) is 17.1. The molecule has 1 fully saturated rings. The summed E-state index contributed by atoms with van der Waals surface area (Å²) in [4.78, 5) is 14.6. The van der Waals surface area contributed by atoms with Gasteiger partial charge in [-0.3, -0.25) is 9.52 Å². The van der Waals surface area contributed by atoms with Crippen LogP contribution in [0.5, 0.6) is 0 Å². The Hall–Kier alpha value is -2.34. The van der Waals surface area contributed by atoms with Crippen molar-refractivity contribution >= 4 is 27.3 Å². The Morgan fingerprint density at radius 1 is 1.15 bits per heavy atom. The van der Waals surface area contributed by atoms with Crippen molar-refractivity contribution < 1.29 is 13.2 Å². The third-order valence-electron chi connectivity index (χ3n) is 5.37. The van der Waals surface area contributed by atoms with Gasteiger partial charge in [0.1, 0.15) is 0 Å². The number of carbonyl (C=O) groups excluding carboxylic acids is 1. The van der Waals surface area contributed by atoms with Crippen LogP contribution in [-0.2, 0) is 21.2 Å². The summed E-state index contributed by atoms with van der Waals surface area (Å²) in [5.74, 6) is 0.329. The molecule has 0 bridgehead atoms. The van der Waals surface area contributed by atoms with Gasteiger partial charge in [0.05, 0.1) is 10.6 Å². The topological polar surface area (TPSA) is 66.5 Å². The Morgan fingerprint density at radius 3 is 2.62 bits per heavy atom. The molecule has 1 N–H and O–H groups in total. The zero-order valence-corrected chi connectivity index (χ0v) is 15.6. The lowest BCUT2D eigenvalue weighted by atomic mass is 9.84. The summed E-state index contributed by atoms with van der Waals surface area (Å²) in [6.07, 6.45) is 3.76. The van der Waals surface area contributed by atoms with Crippen molar-refractivity contribution in [3.05, 3.63) is 53.6 Å². The van der Waals surface area contributed by atoms with Crippen molar-refractivity contribution in [3.8, 4) is 0 Å². The Labute approximate surface area is 154 Å². The zero-order valence-electron chi connectivity index (χ0n) is 14.7. The first-order valence-electron chi connectivity index (χ1n) is 8.98. The number of nitrogens with zero attached hydrogens (tertiary/aromatic N) is 1. The van der Waals surface area contributed by atoms with Crippen LogP contribution in [-0.4, -0.2) is 20.9 Å². The van der Waals surface area contributed by atoms with E-state index in [0.29, 0.717) is 18.7 Å². The zero-order chi connectivity index (χ0) is 18.3. The smallest absolute Gasteiger partial charge is 0.261 e. The summed E-state index contributed by atoms with van der Waals surface area (Å²) in [6, 6.07) is 12.3. The molecule has 0 unspecified atom stereocenters. The van der Waals surface area contributed by atoms with Crippen LogP contribution in [0.3, 0.4) is 0 Å². The fraction of sp³-hybridized carbons (Fsp3) is 0.350. The molecule has 5 nitrogen and oxygen atoms in total. The molecule has 26 heavy (non-hydrogen) atoms. The van der Waals surface area contributed by atoms with Crippen molar-refractivity contribution in [3.63, 3.8) is 0 Å². The highest BCUT2D eigenvalue weighted by Gasteiger charge is 2.33. The summed E-state index contributed by atoms with van der Waals surface area (Å²) in [5, 5.41) is 0. The third-order valence-corrected chi connectivity index (χ3v) is 6.73. The van der Waals surface area contributed by atoms with Crippen molar-refractivity contribution in [2.24, 2.45) is 5.92 Å². The molecule has 2 aromatic carbocycles. The van der Waals surface area contributed by atoms with Gasteiger partial charge in [0.25, 0.3) is 10.0 Å². The SMILES string of the molecule is Cc1ccccc1NS(=O)(=O)c1ccc2c(c1)CCN2C(=O)C1CCC1. The van der Waals surface area contributed by atoms with Crippen LogP contribution in [0.15, 0.2) is 47.4 Å². The van der Waals surface area contributed by atoms with Crippen LogP contribution in [0, 0.1) is 12.8 Å². The Balaban J connectivity index is 1.59. The largest absolute Gasteiger partial charge is 0.312 e. The number of anilines is 2. The average molecular weight is 370 g/mol. The van der Waals surface area contributed by atoms with Gasteiger partial charge in [-0.15, -0.1) is 0 Å². The highest BCUT2D eigenvalue weighted by atomic mass is 32.2. The normalized spacial score (nSPS) is 16.9. The van der Waals surface area contributed by atoms with Crippen LogP contribution >= 0.6 is 0 Å². The van der Waals surface area contributed by atoms with Gasteiger partial charge in [0.15, 0.2) is 0 Å². The molecule has 0 radical (unpaired) electrons. The van der Waals surface area contributed by atoms with Crippen LogP contribution in [0.25, 0.3) is 0 Å². The Morgan fingerprint density at radius 2 is 1.92 bits per heavy atom. The molecule has 0 aromatic heterocycles. The van der Waals surface area contributed by atoms with Gasteiger partial charge in [-0.1, -0.05) is 24.6 Å². The second kappa shape index (κ2) is 6.43. The molecule has 0 saturated heterocycles. The van der Waals surface area contributed by atoms with Gasteiger partial charge in [0.2, 0.25) is 5.91 Å². The predicted molar refractivity (Wildman–Crippen MR) is 102 cm³/mol. The lowest BCUT2D eigenvalue weighted by Crippen LogP contribution is -2.37. The summed E-state index contributed by atoms with van der Waals surface area (Å²) in [7, 11) is -3.66. The second-order valence-corrected chi connectivity index (χ2v) is 8.76. The van der Waals surface area contributed by atoms with Crippen LogP contribution < -0.4 is 9.62 Å². The number of benzene rings is 2. The molecule has 1 saturated carbocycles. The van der Waals surface area contributed by atoms with Gasteiger partial charge < -0.3 is 4.90 Å². The van der Waals surface area contributed by atoms with Crippen molar-refractivity contribution in [1.82, 2.24) is 0 Å². The maximum atomic E-state index is 12.7. The fourth-order valence-electron chi connectivity index (χ4n) is 3.54. The second-order valence-electron chi connectivity index (χ2n) is 7.08. The molecule has 6 heteroatoms. The van der Waals surface area contributed by atoms with Crippen LogP contribution in [0.2, 0.25) is 0 Å². The maximum absolute atomic E-state index is 12.7. The number of rotatable bonds is 4. The van der Waals surface area contributed by atoms with Crippen molar-refractivity contribution in [2.75, 3.05) is 16.2 Å². The van der Waals surface area contributed by atoms with Crippen molar-refractivity contribution in [2.45, 2.75) is 37.5 Å². The standard InChI is InChI=1S/C20H22N2O3S/c1-14-5-2-3-8-18(14)21-26(24,25)17-9-10-19-16(13-17)11-12-22(19)20(23)15-6-4-7-15/h2-3,5,8-10,13,15,21H,4,6-7,11-12H2,1H3. The van der Waals surface area contributed by atoms with E-state index in [1.165, 1.54) is 0 Å². The van der Waals surface area contributed by atoms with Crippen LogP contribution in [0.4, 0.5) is 11.4 Å².